The topological polar surface area (TPSA) is 79.6 Å². The highest BCUT2D eigenvalue weighted by molar-refractivity contribution is 6.22. The van der Waals surface area contributed by atoms with E-state index in [-0.39, 0.29) is 29.7 Å². The van der Waals surface area contributed by atoms with E-state index in [4.69, 9.17) is 4.42 Å². The first-order valence-corrected chi connectivity index (χ1v) is 11.3. The molecule has 0 saturated heterocycles. The molecule has 7 rings (SSSR count). The van der Waals surface area contributed by atoms with Gasteiger partial charge in [0.25, 0.3) is 17.7 Å². The van der Waals surface area contributed by atoms with Crippen molar-refractivity contribution < 1.29 is 18.8 Å². The Morgan fingerprint density at radius 1 is 1.00 bits per heavy atom. The van der Waals surface area contributed by atoms with Gasteiger partial charge in [-0.05, 0) is 92.0 Å². The number of carbonyl (C=O) groups excluding carboxylic acids is 3. The number of carbonyl (C=O) groups is 3. The fourth-order valence-electron chi connectivity index (χ4n) is 7.01. The molecule has 0 spiro atoms. The maximum Gasteiger partial charge on any atom is 0.261 e. The Labute approximate surface area is 181 Å². The van der Waals surface area contributed by atoms with Gasteiger partial charge in [0.15, 0.2) is 0 Å². The van der Waals surface area contributed by atoms with Gasteiger partial charge in [-0.25, -0.2) is 0 Å². The van der Waals surface area contributed by atoms with Crippen LogP contribution in [-0.4, -0.2) is 29.2 Å². The van der Waals surface area contributed by atoms with Gasteiger partial charge in [0.05, 0.1) is 23.9 Å². The van der Waals surface area contributed by atoms with E-state index in [2.05, 4.69) is 5.32 Å². The monoisotopic (exact) mass is 418 g/mol. The fraction of sp³-hybridized carbons (Fsp3) is 0.480. The smallest absolute Gasteiger partial charge is 0.261 e. The van der Waals surface area contributed by atoms with Gasteiger partial charge in [-0.3, -0.25) is 19.3 Å². The summed E-state index contributed by atoms with van der Waals surface area (Å²) in [5, 5.41) is 3.16. The van der Waals surface area contributed by atoms with E-state index in [1.807, 2.05) is 0 Å². The van der Waals surface area contributed by atoms with Gasteiger partial charge >= 0.3 is 0 Å². The van der Waals surface area contributed by atoms with Crippen molar-refractivity contribution in [2.24, 2.45) is 23.2 Å². The van der Waals surface area contributed by atoms with Gasteiger partial charge in [0.1, 0.15) is 5.76 Å². The molecule has 2 aromatic rings. The first kappa shape index (κ1) is 18.8. The Morgan fingerprint density at radius 2 is 1.68 bits per heavy atom. The van der Waals surface area contributed by atoms with E-state index in [0.29, 0.717) is 29.0 Å². The zero-order valence-electron chi connectivity index (χ0n) is 17.4. The highest BCUT2D eigenvalue weighted by Crippen LogP contribution is 2.59. The largest absolute Gasteiger partial charge is 0.467 e. The summed E-state index contributed by atoms with van der Waals surface area (Å²) >= 11 is 0. The van der Waals surface area contributed by atoms with Gasteiger partial charge in [0, 0.05) is 12.1 Å². The maximum atomic E-state index is 12.9. The van der Waals surface area contributed by atoms with Crippen LogP contribution in [0, 0.1) is 23.2 Å². The lowest BCUT2D eigenvalue weighted by Gasteiger charge is -2.56. The number of furan rings is 1. The SMILES string of the molecule is O=C(NCC12CC3CC(CC(C3)C1)C2)c1ccc2c(c1)C(=O)N(Cc1ccco1)C2=O. The Bertz CT molecular complexity index is 1040. The molecule has 4 saturated carbocycles. The van der Waals surface area contributed by atoms with Gasteiger partial charge in [0.2, 0.25) is 0 Å². The Hall–Kier alpha value is -2.89. The normalized spacial score (nSPS) is 30.7. The van der Waals surface area contributed by atoms with Gasteiger partial charge in [-0.1, -0.05) is 0 Å². The lowest BCUT2D eigenvalue weighted by Crippen LogP contribution is -2.51. The molecule has 6 heteroatoms. The number of amides is 3. The van der Waals surface area contributed by atoms with Crippen molar-refractivity contribution in [3.63, 3.8) is 0 Å². The Balaban J connectivity index is 1.17. The predicted molar refractivity (Wildman–Crippen MR) is 112 cm³/mol. The summed E-state index contributed by atoms with van der Waals surface area (Å²) in [4.78, 5) is 39.6. The number of nitrogens with zero attached hydrogens (tertiary/aromatic N) is 1. The predicted octanol–water partition coefficient (Wildman–Crippen LogP) is 4.02. The van der Waals surface area contributed by atoms with Crippen molar-refractivity contribution in [1.29, 1.82) is 0 Å². The van der Waals surface area contributed by atoms with Gasteiger partial charge in [-0.15, -0.1) is 0 Å². The lowest BCUT2D eigenvalue weighted by atomic mass is 9.49. The number of benzene rings is 1. The molecule has 160 valence electrons. The van der Waals surface area contributed by atoms with E-state index in [1.165, 1.54) is 49.7 Å². The number of hydrogen-bond acceptors (Lipinski definition) is 4. The van der Waals surface area contributed by atoms with E-state index in [9.17, 15) is 14.4 Å². The Kier molecular flexibility index (Phi) is 4.14. The highest BCUT2D eigenvalue weighted by Gasteiger charge is 2.50. The molecule has 0 atom stereocenters. The molecule has 0 radical (unpaired) electrons. The Morgan fingerprint density at radius 3 is 2.32 bits per heavy atom. The molecule has 4 fully saturated rings. The number of fused-ring (bicyclic) bond motifs is 1. The molecule has 3 amide bonds. The second-order valence-electron chi connectivity index (χ2n) is 10.1. The first-order chi connectivity index (χ1) is 15.0. The van der Waals surface area contributed by atoms with E-state index in [0.717, 1.165) is 17.8 Å². The third-order valence-electron chi connectivity index (χ3n) is 7.92. The van der Waals surface area contributed by atoms with Gasteiger partial charge in [-0.2, -0.15) is 0 Å². The van der Waals surface area contributed by atoms with Gasteiger partial charge < -0.3 is 9.73 Å². The zero-order chi connectivity index (χ0) is 21.2. The molecular formula is C25H26N2O4. The number of rotatable bonds is 5. The van der Waals surface area contributed by atoms with Crippen molar-refractivity contribution in [3.8, 4) is 0 Å². The fourth-order valence-corrected chi connectivity index (χ4v) is 7.01. The molecule has 1 aromatic heterocycles. The molecule has 5 aliphatic rings. The summed E-state index contributed by atoms with van der Waals surface area (Å²) in [6, 6.07) is 8.26. The summed E-state index contributed by atoms with van der Waals surface area (Å²) in [6.07, 6.45) is 9.35. The molecule has 1 aliphatic heterocycles. The molecule has 31 heavy (non-hydrogen) atoms. The highest BCUT2D eigenvalue weighted by atomic mass is 16.3. The van der Waals surface area contributed by atoms with E-state index < -0.39 is 0 Å². The van der Waals surface area contributed by atoms with Crippen LogP contribution < -0.4 is 5.32 Å². The van der Waals surface area contributed by atoms with Crippen LogP contribution in [0.1, 0.15) is 75.4 Å². The average Bonchev–Trinajstić information content (AvgIpc) is 3.34. The minimum absolute atomic E-state index is 0.0902. The van der Waals surface area contributed by atoms with E-state index >= 15 is 0 Å². The van der Waals surface area contributed by atoms with Crippen LogP contribution in [-0.2, 0) is 6.54 Å². The van der Waals surface area contributed by atoms with Crippen molar-refractivity contribution in [3.05, 3.63) is 59.0 Å². The second-order valence-corrected chi connectivity index (χ2v) is 10.1. The summed E-state index contributed by atoms with van der Waals surface area (Å²) in [6.45, 7) is 0.802. The summed E-state index contributed by atoms with van der Waals surface area (Å²) < 4.78 is 5.28. The van der Waals surface area contributed by atoms with Crippen molar-refractivity contribution >= 4 is 17.7 Å². The van der Waals surface area contributed by atoms with Crippen LogP contribution in [0.5, 0.6) is 0 Å². The summed E-state index contributed by atoms with van der Waals surface area (Å²) in [5.41, 5.74) is 1.32. The van der Waals surface area contributed by atoms with Crippen LogP contribution in [0.4, 0.5) is 0 Å². The van der Waals surface area contributed by atoms with Crippen molar-refractivity contribution in [2.45, 2.75) is 45.1 Å². The van der Waals surface area contributed by atoms with Crippen LogP contribution in [0.15, 0.2) is 41.0 Å². The van der Waals surface area contributed by atoms with Crippen LogP contribution in [0.25, 0.3) is 0 Å². The van der Waals surface area contributed by atoms with Crippen LogP contribution >= 0.6 is 0 Å². The van der Waals surface area contributed by atoms with Crippen LogP contribution in [0.3, 0.4) is 0 Å². The standard InChI is InChI=1S/C25H26N2O4/c28-22(26-14-25-10-15-6-16(11-25)8-17(7-15)12-25)18-3-4-20-21(9-18)24(30)27(23(20)29)13-19-2-1-5-31-19/h1-5,9,15-17H,6-8,10-14H2,(H,26,28). The third-order valence-corrected chi connectivity index (χ3v) is 7.92. The molecule has 2 heterocycles. The minimum Gasteiger partial charge on any atom is -0.467 e. The summed E-state index contributed by atoms with van der Waals surface area (Å²) in [5.74, 6) is 2.17. The quantitative estimate of drug-likeness (QED) is 0.744. The first-order valence-electron chi connectivity index (χ1n) is 11.3. The lowest BCUT2D eigenvalue weighted by molar-refractivity contribution is -0.0503. The zero-order valence-corrected chi connectivity index (χ0v) is 17.4. The summed E-state index contributed by atoms with van der Waals surface area (Å²) in [7, 11) is 0. The maximum absolute atomic E-state index is 12.9. The number of imide groups is 1. The van der Waals surface area contributed by atoms with Crippen molar-refractivity contribution in [2.75, 3.05) is 6.54 Å². The van der Waals surface area contributed by atoms with Crippen LogP contribution in [0.2, 0.25) is 0 Å². The van der Waals surface area contributed by atoms with Crippen molar-refractivity contribution in [1.82, 2.24) is 10.2 Å². The van der Waals surface area contributed by atoms with E-state index in [1.54, 1.807) is 30.3 Å². The average molecular weight is 418 g/mol. The molecule has 4 aliphatic carbocycles. The number of hydrogen-bond donors (Lipinski definition) is 1. The minimum atomic E-state index is -0.382. The second kappa shape index (κ2) is 6.81. The molecule has 1 aromatic carbocycles. The molecule has 6 nitrogen and oxygen atoms in total. The molecular weight excluding hydrogens is 392 g/mol. The molecule has 0 unspecified atom stereocenters. The molecule has 1 N–H and O–H groups in total. The third kappa shape index (κ3) is 3.11. The number of nitrogens with one attached hydrogen (secondary N) is 1. The molecule has 4 bridgehead atoms.